The molecule has 18 heavy (non-hydrogen) atoms. The molecule has 0 aromatic heterocycles. The molecule has 1 unspecified atom stereocenters. The van der Waals surface area contributed by atoms with E-state index >= 15 is 0 Å². The average molecular weight is 252 g/mol. The summed E-state index contributed by atoms with van der Waals surface area (Å²) in [5.74, 6) is 1.67. The first kappa shape index (κ1) is 12.9. The van der Waals surface area contributed by atoms with Crippen molar-refractivity contribution in [2.75, 3.05) is 26.2 Å². The molecule has 3 rings (SSSR count). The van der Waals surface area contributed by atoms with Crippen molar-refractivity contribution in [1.82, 2.24) is 10.2 Å². The fourth-order valence-electron chi connectivity index (χ4n) is 3.33. The van der Waals surface area contributed by atoms with Crippen LogP contribution in [-0.2, 0) is 0 Å². The van der Waals surface area contributed by atoms with Gasteiger partial charge in [-0.2, -0.15) is 0 Å². The number of aliphatic hydroxyl groups is 1. The third kappa shape index (κ3) is 2.89. The highest BCUT2D eigenvalue weighted by Crippen LogP contribution is 2.42. The van der Waals surface area contributed by atoms with Crippen LogP contribution < -0.4 is 5.32 Å². The monoisotopic (exact) mass is 252 g/mol. The lowest BCUT2D eigenvalue weighted by molar-refractivity contribution is 0.0859. The van der Waals surface area contributed by atoms with Gasteiger partial charge in [-0.1, -0.05) is 6.92 Å². The molecule has 104 valence electrons. The predicted octanol–water partition coefficient (Wildman–Crippen LogP) is 1.61. The fourth-order valence-corrected chi connectivity index (χ4v) is 3.33. The molecule has 0 spiro atoms. The van der Waals surface area contributed by atoms with Gasteiger partial charge in [0.2, 0.25) is 0 Å². The van der Waals surface area contributed by atoms with Gasteiger partial charge in [-0.15, -0.1) is 0 Å². The Balaban J connectivity index is 1.64. The summed E-state index contributed by atoms with van der Waals surface area (Å²) in [6, 6.07) is 0.828. The van der Waals surface area contributed by atoms with Gasteiger partial charge in [0.15, 0.2) is 0 Å². The van der Waals surface area contributed by atoms with E-state index in [0.717, 1.165) is 25.0 Å². The van der Waals surface area contributed by atoms with Crippen LogP contribution in [0.3, 0.4) is 0 Å². The minimum Gasteiger partial charge on any atom is -0.394 e. The maximum Gasteiger partial charge on any atom is 0.0628 e. The second-order valence-corrected chi connectivity index (χ2v) is 6.72. The van der Waals surface area contributed by atoms with Gasteiger partial charge in [-0.05, 0) is 56.9 Å². The maximum absolute atomic E-state index is 9.93. The molecule has 3 aliphatic carbocycles. The van der Waals surface area contributed by atoms with Gasteiger partial charge in [0, 0.05) is 19.1 Å². The number of hydrogen-bond acceptors (Lipinski definition) is 3. The zero-order valence-corrected chi connectivity index (χ0v) is 11.7. The van der Waals surface area contributed by atoms with Crippen molar-refractivity contribution >= 4 is 0 Å². The van der Waals surface area contributed by atoms with Crippen molar-refractivity contribution in [2.24, 2.45) is 11.8 Å². The third-order valence-corrected chi connectivity index (χ3v) is 4.91. The van der Waals surface area contributed by atoms with E-state index < -0.39 is 0 Å². The summed E-state index contributed by atoms with van der Waals surface area (Å²) in [5, 5.41) is 13.6. The first-order chi connectivity index (χ1) is 8.77. The summed E-state index contributed by atoms with van der Waals surface area (Å²) < 4.78 is 0. The highest BCUT2D eigenvalue weighted by molar-refractivity contribution is 5.04. The Hall–Kier alpha value is -0.120. The molecule has 3 saturated carbocycles. The molecule has 3 aliphatic rings. The van der Waals surface area contributed by atoms with Gasteiger partial charge in [0.25, 0.3) is 0 Å². The van der Waals surface area contributed by atoms with Gasteiger partial charge >= 0.3 is 0 Å². The maximum atomic E-state index is 9.93. The number of nitrogens with zero attached hydrogens (tertiary/aromatic N) is 1. The van der Waals surface area contributed by atoms with Gasteiger partial charge in [-0.3, -0.25) is 4.90 Å². The molecule has 0 aliphatic heterocycles. The van der Waals surface area contributed by atoms with Crippen LogP contribution >= 0.6 is 0 Å². The van der Waals surface area contributed by atoms with E-state index in [1.54, 1.807) is 0 Å². The van der Waals surface area contributed by atoms with Crippen molar-refractivity contribution in [3.05, 3.63) is 0 Å². The summed E-state index contributed by atoms with van der Waals surface area (Å²) in [6.45, 7) is 5.79. The van der Waals surface area contributed by atoms with E-state index in [1.165, 1.54) is 45.1 Å². The van der Waals surface area contributed by atoms with Crippen molar-refractivity contribution in [2.45, 2.75) is 57.0 Å². The standard InChI is InChI=1S/C15H28N2O/c1-2-16-15(11-18,13-5-6-13)10-17(14-7-8-14)9-12-3-4-12/h12-14,16,18H,2-11H2,1H3. The Labute approximate surface area is 111 Å². The number of nitrogens with one attached hydrogen (secondary N) is 1. The van der Waals surface area contributed by atoms with Crippen LogP contribution in [-0.4, -0.2) is 47.8 Å². The zero-order valence-electron chi connectivity index (χ0n) is 11.7. The minimum atomic E-state index is -0.00771. The molecule has 3 fully saturated rings. The average Bonchev–Trinajstić information content (AvgIpc) is 3.21. The molecule has 0 amide bonds. The van der Waals surface area contributed by atoms with E-state index in [9.17, 15) is 5.11 Å². The fraction of sp³-hybridized carbons (Fsp3) is 1.00. The van der Waals surface area contributed by atoms with E-state index in [1.807, 2.05) is 0 Å². The number of aliphatic hydroxyl groups excluding tert-OH is 1. The molecule has 0 aromatic carbocycles. The molecular formula is C15H28N2O. The number of rotatable bonds is 9. The molecule has 2 N–H and O–H groups in total. The molecule has 0 saturated heterocycles. The number of likely N-dealkylation sites (N-methyl/N-ethyl adjacent to an activating group) is 1. The first-order valence-corrected chi connectivity index (χ1v) is 7.87. The number of hydrogen-bond donors (Lipinski definition) is 2. The quantitative estimate of drug-likeness (QED) is 0.654. The van der Waals surface area contributed by atoms with Gasteiger partial charge in [0.05, 0.1) is 12.1 Å². The van der Waals surface area contributed by atoms with Gasteiger partial charge in [-0.25, -0.2) is 0 Å². The van der Waals surface area contributed by atoms with Crippen LogP contribution in [0.2, 0.25) is 0 Å². The molecule has 0 radical (unpaired) electrons. The Bertz CT molecular complexity index is 284. The minimum absolute atomic E-state index is 0.00771. The lowest BCUT2D eigenvalue weighted by Crippen LogP contribution is -2.58. The topological polar surface area (TPSA) is 35.5 Å². The highest BCUT2D eigenvalue weighted by atomic mass is 16.3. The second kappa shape index (κ2) is 5.10. The first-order valence-electron chi connectivity index (χ1n) is 7.87. The van der Waals surface area contributed by atoms with Crippen molar-refractivity contribution in [3.63, 3.8) is 0 Å². The molecule has 3 nitrogen and oxygen atoms in total. The van der Waals surface area contributed by atoms with Crippen molar-refractivity contribution in [3.8, 4) is 0 Å². The van der Waals surface area contributed by atoms with Crippen LogP contribution in [0.1, 0.15) is 45.4 Å². The van der Waals surface area contributed by atoms with E-state index in [2.05, 4.69) is 17.1 Å². The Kier molecular flexibility index (Phi) is 3.65. The smallest absolute Gasteiger partial charge is 0.0628 e. The lowest BCUT2D eigenvalue weighted by atomic mass is 9.92. The molecule has 0 aromatic rings. The SMILES string of the molecule is CCNC(CO)(CN(CC1CC1)C1CC1)C1CC1. The Morgan fingerprint density at radius 3 is 2.33 bits per heavy atom. The van der Waals surface area contributed by atoms with Crippen LogP contribution in [0.5, 0.6) is 0 Å². The Morgan fingerprint density at radius 2 is 1.89 bits per heavy atom. The van der Waals surface area contributed by atoms with Crippen LogP contribution in [0.25, 0.3) is 0 Å². The second-order valence-electron chi connectivity index (χ2n) is 6.72. The molecular weight excluding hydrogens is 224 g/mol. The van der Waals surface area contributed by atoms with Gasteiger partial charge in [0.1, 0.15) is 0 Å². The van der Waals surface area contributed by atoms with Crippen LogP contribution in [0, 0.1) is 11.8 Å². The normalized spacial score (nSPS) is 27.5. The highest BCUT2D eigenvalue weighted by Gasteiger charge is 2.47. The van der Waals surface area contributed by atoms with Crippen molar-refractivity contribution in [1.29, 1.82) is 0 Å². The van der Waals surface area contributed by atoms with E-state index in [-0.39, 0.29) is 5.54 Å². The summed E-state index contributed by atoms with van der Waals surface area (Å²) >= 11 is 0. The molecule has 0 heterocycles. The molecule has 0 bridgehead atoms. The summed E-state index contributed by atoms with van der Waals surface area (Å²) in [7, 11) is 0. The lowest BCUT2D eigenvalue weighted by Gasteiger charge is -2.38. The third-order valence-electron chi connectivity index (χ3n) is 4.91. The Morgan fingerprint density at radius 1 is 1.17 bits per heavy atom. The molecule has 3 heteroatoms. The van der Waals surface area contributed by atoms with Crippen molar-refractivity contribution < 1.29 is 5.11 Å². The summed E-state index contributed by atoms with van der Waals surface area (Å²) in [4.78, 5) is 2.69. The largest absolute Gasteiger partial charge is 0.394 e. The summed E-state index contributed by atoms with van der Waals surface area (Å²) in [5.41, 5.74) is -0.00771. The van der Waals surface area contributed by atoms with E-state index in [0.29, 0.717) is 12.5 Å². The molecule has 1 atom stereocenters. The van der Waals surface area contributed by atoms with Crippen LogP contribution in [0.4, 0.5) is 0 Å². The zero-order chi connectivity index (χ0) is 12.6. The van der Waals surface area contributed by atoms with Crippen LogP contribution in [0.15, 0.2) is 0 Å². The van der Waals surface area contributed by atoms with Gasteiger partial charge < -0.3 is 10.4 Å². The van der Waals surface area contributed by atoms with E-state index in [4.69, 9.17) is 0 Å². The predicted molar refractivity (Wildman–Crippen MR) is 73.5 cm³/mol. The summed E-state index contributed by atoms with van der Waals surface area (Å²) in [6.07, 6.45) is 8.22.